The Morgan fingerprint density at radius 1 is 1.03 bits per heavy atom. The minimum Gasteiger partial charge on any atom is -0.335 e. The number of hydrogen-bond donors (Lipinski definition) is 1. The second-order valence-corrected chi connectivity index (χ2v) is 10.5. The van der Waals surface area contributed by atoms with Crippen molar-refractivity contribution in [3.63, 3.8) is 0 Å². The van der Waals surface area contributed by atoms with Gasteiger partial charge in [0.1, 0.15) is 10.7 Å². The number of carbonyl (C=O) groups is 1. The molecule has 4 rings (SSSR count). The first kappa shape index (κ1) is 20.8. The van der Waals surface area contributed by atoms with Crippen molar-refractivity contribution in [2.45, 2.75) is 49.5 Å². The van der Waals surface area contributed by atoms with Crippen LogP contribution in [0.5, 0.6) is 0 Å². The summed E-state index contributed by atoms with van der Waals surface area (Å²) in [6.07, 6.45) is 7.20. The topological polar surface area (TPSA) is 62.1 Å². The molecular formula is C21H31FN3O3S+. The average Bonchev–Trinajstić information content (AvgIpc) is 2.74. The fourth-order valence-corrected chi connectivity index (χ4v) is 6.77. The second-order valence-electron chi connectivity index (χ2n) is 8.60. The molecule has 2 heterocycles. The molecule has 2 aliphatic heterocycles. The van der Waals surface area contributed by atoms with Crippen molar-refractivity contribution < 1.29 is 22.5 Å². The predicted octanol–water partition coefficient (Wildman–Crippen LogP) is 0.896. The van der Waals surface area contributed by atoms with Crippen LogP contribution in [0.2, 0.25) is 0 Å². The highest BCUT2D eigenvalue weighted by Gasteiger charge is 2.38. The van der Waals surface area contributed by atoms with Gasteiger partial charge in [0.25, 0.3) is 5.91 Å². The van der Waals surface area contributed by atoms with E-state index in [1.807, 2.05) is 0 Å². The standard InChI is InChI=1S/C21H30FN3O3S/c22-18-8-2-4-10-20(18)29(27,28)24-14-12-23(13-15-24)16-21(26)25-11-5-7-17-6-1-3-9-19(17)25/h2,4,8,10,17,19H,1,3,5-7,9,11-16H2/p+1/t17-,19+/m0/s1. The van der Waals surface area contributed by atoms with Crippen molar-refractivity contribution in [2.75, 3.05) is 39.3 Å². The molecule has 1 aliphatic carbocycles. The smallest absolute Gasteiger partial charge is 0.278 e. The van der Waals surface area contributed by atoms with Crippen LogP contribution < -0.4 is 4.90 Å². The van der Waals surface area contributed by atoms with Crippen LogP contribution in [-0.4, -0.2) is 68.8 Å². The minimum atomic E-state index is -3.83. The third-order valence-corrected chi connectivity index (χ3v) is 8.78. The summed E-state index contributed by atoms with van der Waals surface area (Å²) in [6.45, 7) is 3.05. The minimum absolute atomic E-state index is 0.210. The van der Waals surface area contributed by atoms with Crippen LogP contribution in [0.1, 0.15) is 38.5 Å². The van der Waals surface area contributed by atoms with E-state index in [1.165, 1.54) is 54.3 Å². The van der Waals surface area contributed by atoms with Crippen molar-refractivity contribution in [1.82, 2.24) is 9.21 Å². The van der Waals surface area contributed by atoms with Crippen LogP contribution in [0, 0.1) is 11.7 Å². The Kier molecular flexibility index (Phi) is 6.22. The molecule has 2 atom stereocenters. The van der Waals surface area contributed by atoms with Crippen LogP contribution in [0.15, 0.2) is 29.2 Å². The summed E-state index contributed by atoms with van der Waals surface area (Å²) in [7, 11) is -3.83. The molecule has 1 aromatic carbocycles. The van der Waals surface area contributed by atoms with Crippen molar-refractivity contribution in [3.8, 4) is 0 Å². The van der Waals surface area contributed by atoms with Crippen molar-refractivity contribution in [1.29, 1.82) is 0 Å². The summed E-state index contributed by atoms with van der Waals surface area (Å²) in [6, 6.07) is 5.91. The first-order chi connectivity index (χ1) is 14.0. The summed E-state index contributed by atoms with van der Waals surface area (Å²) >= 11 is 0. The number of hydrogen-bond acceptors (Lipinski definition) is 3. The van der Waals surface area contributed by atoms with Gasteiger partial charge in [0.15, 0.2) is 6.54 Å². The van der Waals surface area contributed by atoms with Gasteiger partial charge in [-0.15, -0.1) is 0 Å². The first-order valence-corrected chi connectivity index (χ1v) is 12.3. The highest BCUT2D eigenvalue weighted by atomic mass is 32.2. The normalized spacial score (nSPS) is 26.9. The molecule has 0 spiro atoms. The number of sulfonamides is 1. The van der Waals surface area contributed by atoms with Crippen molar-refractivity contribution in [2.24, 2.45) is 5.92 Å². The molecule has 0 unspecified atom stereocenters. The Morgan fingerprint density at radius 2 is 1.72 bits per heavy atom. The Hall–Kier alpha value is -1.51. The summed E-state index contributed by atoms with van der Waals surface area (Å²) in [4.78, 5) is 16.0. The van der Waals surface area contributed by atoms with Gasteiger partial charge in [-0.05, 0) is 43.7 Å². The Morgan fingerprint density at radius 3 is 2.48 bits per heavy atom. The lowest BCUT2D eigenvalue weighted by Crippen LogP contribution is -3.15. The molecule has 1 amide bonds. The molecule has 1 saturated carbocycles. The number of quaternary nitrogens is 1. The number of rotatable bonds is 4. The molecule has 29 heavy (non-hydrogen) atoms. The monoisotopic (exact) mass is 424 g/mol. The quantitative estimate of drug-likeness (QED) is 0.781. The molecule has 6 nitrogen and oxygen atoms in total. The highest BCUT2D eigenvalue weighted by molar-refractivity contribution is 7.89. The van der Waals surface area contributed by atoms with Gasteiger partial charge in [-0.1, -0.05) is 25.0 Å². The molecule has 0 bridgehead atoms. The van der Waals surface area contributed by atoms with Gasteiger partial charge in [-0.2, -0.15) is 4.31 Å². The SMILES string of the molecule is O=C(C[NH+]1CCN(S(=O)(=O)c2ccccc2F)CC1)N1CCC[C@@H]2CCCC[C@H]21. The molecule has 3 aliphatic rings. The van der Waals surface area contributed by atoms with E-state index in [2.05, 4.69) is 4.90 Å². The van der Waals surface area contributed by atoms with E-state index in [9.17, 15) is 17.6 Å². The van der Waals surface area contributed by atoms with E-state index in [1.54, 1.807) is 0 Å². The molecule has 0 aromatic heterocycles. The zero-order chi connectivity index (χ0) is 20.4. The first-order valence-electron chi connectivity index (χ1n) is 10.8. The molecule has 0 radical (unpaired) electrons. The third kappa shape index (κ3) is 4.34. The lowest BCUT2D eigenvalue weighted by molar-refractivity contribution is -0.896. The highest BCUT2D eigenvalue weighted by Crippen LogP contribution is 2.35. The van der Waals surface area contributed by atoms with Gasteiger partial charge >= 0.3 is 0 Å². The van der Waals surface area contributed by atoms with Crippen molar-refractivity contribution in [3.05, 3.63) is 30.1 Å². The molecule has 160 valence electrons. The number of amides is 1. The molecular weight excluding hydrogens is 393 g/mol. The van der Waals surface area contributed by atoms with E-state index < -0.39 is 15.8 Å². The second kappa shape index (κ2) is 8.70. The van der Waals surface area contributed by atoms with Gasteiger partial charge in [0.05, 0.1) is 26.2 Å². The predicted molar refractivity (Wildman–Crippen MR) is 107 cm³/mol. The molecule has 3 fully saturated rings. The molecule has 8 heteroatoms. The van der Waals surface area contributed by atoms with E-state index in [4.69, 9.17) is 0 Å². The van der Waals surface area contributed by atoms with E-state index in [0.29, 0.717) is 44.7 Å². The van der Waals surface area contributed by atoms with Gasteiger partial charge < -0.3 is 9.80 Å². The molecule has 1 N–H and O–H groups in total. The van der Waals surface area contributed by atoms with Gasteiger partial charge in [-0.25, -0.2) is 12.8 Å². The van der Waals surface area contributed by atoms with E-state index in [0.717, 1.165) is 24.3 Å². The zero-order valence-electron chi connectivity index (χ0n) is 16.9. The average molecular weight is 425 g/mol. The van der Waals surface area contributed by atoms with Gasteiger partial charge in [-0.3, -0.25) is 4.79 Å². The number of piperidine rings is 1. The van der Waals surface area contributed by atoms with Crippen LogP contribution in [0.25, 0.3) is 0 Å². The number of piperazine rings is 1. The number of fused-ring (bicyclic) bond motifs is 1. The van der Waals surface area contributed by atoms with Crippen LogP contribution in [0.3, 0.4) is 0 Å². The Bertz CT molecular complexity index is 837. The van der Waals surface area contributed by atoms with Gasteiger partial charge in [0.2, 0.25) is 10.0 Å². The maximum absolute atomic E-state index is 14.0. The Balaban J connectivity index is 1.34. The number of nitrogens with zero attached hydrogens (tertiary/aromatic N) is 2. The van der Waals surface area contributed by atoms with E-state index in [-0.39, 0.29) is 10.8 Å². The molecule has 1 aromatic rings. The van der Waals surface area contributed by atoms with Crippen molar-refractivity contribution >= 4 is 15.9 Å². The fraction of sp³-hybridized carbons (Fsp3) is 0.667. The maximum Gasteiger partial charge on any atom is 0.278 e. The number of nitrogens with one attached hydrogen (secondary N) is 1. The Labute approximate surface area is 172 Å². The summed E-state index contributed by atoms with van der Waals surface area (Å²) in [5.41, 5.74) is 0. The summed E-state index contributed by atoms with van der Waals surface area (Å²) in [5.74, 6) is 0.158. The number of likely N-dealkylation sites (tertiary alicyclic amines) is 1. The number of carbonyl (C=O) groups excluding carboxylic acids is 1. The molecule has 2 saturated heterocycles. The lowest BCUT2D eigenvalue weighted by Gasteiger charge is -2.44. The summed E-state index contributed by atoms with van der Waals surface area (Å²) < 4.78 is 40.8. The number of halogens is 1. The maximum atomic E-state index is 14.0. The van der Waals surface area contributed by atoms with Crippen LogP contribution in [-0.2, 0) is 14.8 Å². The fourth-order valence-electron chi connectivity index (χ4n) is 5.26. The lowest BCUT2D eigenvalue weighted by atomic mass is 9.78. The van der Waals surface area contributed by atoms with Gasteiger partial charge in [0, 0.05) is 12.6 Å². The number of benzene rings is 1. The van der Waals surface area contributed by atoms with Crippen LogP contribution in [0.4, 0.5) is 4.39 Å². The zero-order valence-corrected chi connectivity index (χ0v) is 17.7. The summed E-state index contributed by atoms with van der Waals surface area (Å²) in [5, 5.41) is 0. The third-order valence-electron chi connectivity index (χ3n) is 6.85. The van der Waals surface area contributed by atoms with E-state index >= 15 is 0 Å². The largest absolute Gasteiger partial charge is 0.335 e. The van der Waals surface area contributed by atoms with Crippen LogP contribution >= 0.6 is 0 Å².